The minimum absolute atomic E-state index is 0.0636. The van der Waals surface area contributed by atoms with Crippen molar-refractivity contribution in [2.24, 2.45) is 5.92 Å². The predicted octanol–water partition coefficient (Wildman–Crippen LogP) is 5.07. The number of ether oxygens (including phenoxy) is 1. The molecule has 0 radical (unpaired) electrons. The van der Waals surface area contributed by atoms with Crippen molar-refractivity contribution in [3.05, 3.63) is 74.9 Å². The summed E-state index contributed by atoms with van der Waals surface area (Å²) in [5, 5.41) is 3.23. The van der Waals surface area contributed by atoms with Crippen molar-refractivity contribution in [3.63, 3.8) is 0 Å². The van der Waals surface area contributed by atoms with Gasteiger partial charge in [0.25, 0.3) is 5.91 Å². The molecule has 0 aliphatic rings. The minimum Gasteiger partial charge on any atom is -0.461 e. The molecule has 26 heavy (non-hydrogen) atoms. The number of benzene rings is 2. The zero-order valence-electron chi connectivity index (χ0n) is 14.5. The van der Waals surface area contributed by atoms with Gasteiger partial charge in [0.2, 0.25) is 0 Å². The maximum Gasteiger partial charge on any atom is 0.354 e. The molecule has 0 heterocycles. The lowest BCUT2D eigenvalue weighted by molar-refractivity contribution is -0.140. The van der Waals surface area contributed by atoms with E-state index in [4.69, 9.17) is 16.3 Å². The van der Waals surface area contributed by atoms with E-state index in [2.05, 4.69) is 21.2 Å². The second-order valence-electron chi connectivity index (χ2n) is 6.04. The van der Waals surface area contributed by atoms with E-state index in [-0.39, 0.29) is 18.2 Å². The van der Waals surface area contributed by atoms with E-state index in [1.165, 1.54) is 0 Å². The molecule has 0 spiro atoms. The highest BCUT2D eigenvalue weighted by atomic mass is 79.9. The van der Waals surface area contributed by atoms with Gasteiger partial charge in [0.1, 0.15) is 5.70 Å². The molecule has 6 heteroatoms. The Morgan fingerprint density at radius 1 is 1.15 bits per heavy atom. The van der Waals surface area contributed by atoms with Gasteiger partial charge in [-0.3, -0.25) is 4.79 Å². The molecule has 2 aromatic rings. The molecular weight excluding hydrogens is 418 g/mol. The largest absolute Gasteiger partial charge is 0.461 e. The van der Waals surface area contributed by atoms with Crippen LogP contribution in [-0.4, -0.2) is 18.5 Å². The van der Waals surface area contributed by atoms with Crippen molar-refractivity contribution < 1.29 is 14.3 Å². The van der Waals surface area contributed by atoms with E-state index in [1.54, 1.807) is 48.5 Å². The van der Waals surface area contributed by atoms with Crippen molar-refractivity contribution in [1.82, 2.24) is 5.32 Å². The number of hydrogen-bond donors (Lipinski definition) is 1. The van der Waals surface area contributed by atoms with Crippen LogP contribution in [0.2, 0.25) is 5.02 Å². The Kier molecular flexibility index (Phi) is 7.42. The van der Waals surface area contributed by atoms with E-state index in [1.807, 2.05) is 19.9 Å². The summed E-state index contributed by atoms with van der Waals surface area (Å²) < 4.78 is 5.91. The van der Waals surface area contributed by atoms with Gasteiger partial charge < -0.3 is 10.1 Å². The SMILES string of the molecule is CC(C)COC(=O)/C(=C/c1ccc(Cl)cc1)NC(=O)c1ccccc1Br. The first-order chi connectivity index (χ1) is 12.4. The van der Waals surface area contributed by atoms with Crippen LogP contribution in [0.1, 0.15) is 29.8 Å². The highest BCUT2D eigenvalue weighted by Crippen LogP contribution is 2.17. The Morgan fingerprint density at radius 2 is 1.81 bits per heavy atom. The highest BCUT2D eigenvalue weighted by Gasteiger charge is 2.17. The first kappa shape index (κ1) is 20.2. The Bertz CT molecular complexity index is 816. The molecule has 0 fully saturated rings. The summed E-state index contributed by atoms with van der Waals surface area (Å²) >= 11 is 9.23. The maximum atomic E-state index is 12.6. The van der Waals surface area contributed by atoms with Crippen LogP contribution in [0, 0.1) is 5.92 Å². The van der Waals surface area contributed by atoms with Crippen molar-refractivity contribution in [3.8, 4) is 0 Å². The second-order valence-corrected chi connectivity index (χ2v) is 7.33. The molecule has 2 rings (SSSR count). The molecule has 136 valence electrons. The number of carbonyl (C=O) groups excluding carboxylic acids is 2. The zero-order chi connectivity index (χ0) is 19.1. The monoisotopic (exact) mass is 435 g/mol. The van der Waals surface area contributed by atoms with Crippen molar-refractivity contribution in [2.45, 2.75) is 13.8 Å². The molecule has 0 aliphatic carbocycles. The summed E-state index contributed by atoms with van der Waals surface area (Å²) in [7, 11) is 0. The van der Waals surface area contributed by atoms with Crippen molar-refractivity contribution >= 4 is 45.5 Å². The van der Waals surface area contributed by atoms with Gasteiger partial charge in [-0.15, -0.1) is 0 Å². The molecular formula is C20H19BrClNO3. The normalized spacial score (nSPS) is 11.3. The van der Waals surface area contributed by atoms with Crippen LogP contribution < -0.4 is 5.32 Å². The fraction of sp³-hybridized carbons (Fsp3) is 0.200. The van der Waals surface area contributed by atoms with Crippen LogP contribution in [0.3, 0.4) is 0 Å². The lowest BCUT2D eigenvalue weighted by atomic mass is 10.1. The third-order valence-electron chi connectivity index (χ3n) is 3.32. The topological polar surface area (TPSA) is 55.4 Å². The standard InChI is InChI=1S/C20H19BrClNO3/c1-13(2)12-26-20(25)18(11-14-7-9-15(22)10-8-14)23-19(24)16-5-3-4-6-17(16)21/h3-11,13H,12H2,1-2H3,(H,23,24)/b18-11-. The molecule has 0 saturated heterocycles. The van der Waals surface area contributed by atoms with Crippen LogP contribution in [0.4, 0.5) is 0 Å². The van der Waals surface area contributed by atoms with Crippen LogP contribution in [-0.2, 0) is 9.53 Å². The number of hydrogen-bond acceptors (Lipinski definition) is 3. The molecule has 0 atom stereocenters. The van der Waals surface area contributed by atoms with Crippen LogP contribution >= 0.6 is 27.5 Å². The lowest BCUT2D eigenvalue weighted by Gasteiger charge is -2.12. The molecule has 1 amide bonds. The molecule has 0 aliphatic heterocycles. The smallest absolute Gasteiger partial charge is 0.354 e. The van der Waals surface area contributed by atoms with Gasteiger partial charge in [-0.2, -0.15) is 0 Å². The third-order valence-corrected chi connectivity index (χ3v) is 4.26. The summed E-state index contributed by atoms with van der Waals surface area (Å²) in [6, 6.07) is 13.9. The quantitative estimate of drug-likeness (QED) is 0.508. The van der Waals surface area contributed by atoms with Gasteiger partial charge >= 0.3 is 5.97 Å². The minimum atomic E-state index is -0.589. The molecule has 2 aromatic carbocycles. The van der Waals surface area contributed by atoms with Gasteiger partial charge in [0, 0.05) is 9.50 Å². The van der Waals surface area contributed by atoms with Crippen LogP contribution in [0.15, 0.2) is 58.7 Å². The van der Waals surface area contributed by atoms with Crippen LogP contribution in [0.5, 0.6) is 0 Å². The average molecular weight is 437 g/mol. The van der Waals surface area contributed by atoms with Gasteiger partial charge in [-0.1, -0.05) is 49.7 Å². The third kappa shape index (κ3) is 6.00. The lowest BCUT2D eigenvalue weighted by Crippen LogP contribution is -2.29. The van der Waals surface area contributed by atoms with Crippen molar-refractivity contribution in [2.75, 3.05) is 6.61 Å². The van der Waals surface area contributed by atoms with E-state index in [0.717, 1.165) is 5.56 Å². The summed E-state index contributed by atoms with van der Waals surface area (Å²) in [6.45, 7) is 4.15. The summed E-state index contributed by atoms with van der Waals surface area (Å²) in [5.74, 6) is -0.803. The van der Waals surface area contributed by atoms with E-state index in [0.29, 0.717) is 15.1 Å². The number of carbonyl (C=O) groups is 2. The summed E-state index contributed by atoms with van der Waals surface area (Å²) in [5.41, 5.74) is 1.21. The number of esters is 1. The van der Waals surface area contributed by atoms with Crippen LogP contribution in [0.25, 0.3) is 6.08 Å². The molecule has 0 bridgehead atoms. The molecule has 1 N–H and O–H groups in total. The molecule has 0 aromatic heterocycles. The van der Waals surface area contributed by atoms with E-state index < -0.39 is 11.9 Å². The predicted molar refractivity (Wildman–Crippen MR) is 107 cm³/mol. The Hall–Kier alpha value is -2.11. The Labute approximate surface area is 166 Å². The first-order valence-electron chi connectivity index (χ1n) is 8.07. The van der Waals surface area contributed by atoms with E-state index >= 15 is 0 Å². The van der Waals surface area contributed by atoms with Gasteiger partial charge in [0.15, 0.2) is 0 Å². The Balaban J connectivity index is 2.27. The first-order valence-corrected chi connectivity index (χ1v) is 9.24. The number of halogens is 2. The molecule has 0 unspecified atom stereocenters. The number of nitrogens with one attached hydrogen (secondary N) is 1. The van der Waals surface area contributed by atoms with Crippen molar-refractivity contribution in [1.29, 1.82) is 0 Å². The maximum absolute atomic E-state index is 12.6. The number of amides is 1. The fourth-order valence-electron chi connectivity index (χ4n) is 2.03. The zero-order valence-corrected chi connectivity index (χ0v) is 16.8. The Morgan fingerprint density at radius 3 is 2.42 bits per heavy atom. The highest BCUT2D eigenvalue weighted by molar-refractivity contribution is 9.10. The van der Waals surface area contributed by atoms with Gasteiger partial charge in [-0.05, 0) is 57.8 Å². The fourth-order valence-corrected chi connectivity index (χ4v) is 2.62. The molecule has 4 nitrogen and oxygen atoms in total. The second kappa shape index (κ2) is 9.55. The average Bonchev–Trinajstić information content (AvgIpc) is 2.61. The summed E-state index contributed by atoms with van der Waals surface area (Å²) in [6.07, 6.45) is 1.56. The molecule has 0 saturated carbocycles. The van der Waals surface area contributed by atoms with Gasteiger partial charge in [0.05, 0.1) is 12.2 Å². The number of rotatable bonds is 6. The summed E-state index contributed by atoms with van der Waals surface area (Å²) in [4.78, 5) is 25.0. The van der Waals surface area contributed by atoms with E-state index in [9.17, 15) is 9.59 Å². The van der Waals surface area contributed by atoms with Gasteiger partial charge in [-0.25, -0.2) is 4.79 Å².